The monoisotopic (exact) mass is 393 g/mol. The molecule has 3 heterocycles. The molecule has 0 saturated carbocycles. The van der Waals surface area contributed by atoms with E-state index in [1.54, 1.807) is 18.3 Å². The molecule has 0 spiro atoms. The molecule has 0 radical (unpaired) electrons. The lowest BCUT2D eigenvalue weighted by Crippen LogP contribution is -2.23. The maximum absolute atomic E-state index is 13.0. The van der Waals surface area contributed by atoms with Crippen LogP contribution in [0.5, 0.6) is 11.5 Å². The third-order valence-electron chi connectivity index (χ3n) is 4.67. The zero-order valence-corrected chi connectivity index (χ0v) is 15.7. The summed E-state index contributed by atoms with van der Waals surface area (Å²) in [4.78, 5) is 30.3. The van der Waals surface area contributed by atoms with Gasteiger partial charge < -0.3 is 14.0 Å². The summed E-state index contributed by atoms with van der Waals surface area (Å²) in [5.41, 5.74) is 1.22. The number of pyridine rings is 1. The van der Waals surface area contributed by atoms with Gasteiger partial charge in [-0.05, 0) is 25.1 Å². The average molecular weight is 393 g/mol. The molecule has 1 aliphatic rings. The summed E-state index contributed by atoms with van der Waals surface area (Å²) >= 11 is 1.37. The van der Waals surface area contributed by atoms with Crippen molar-refractivity contribution in [2.24, 2.45) is 0 Å². The molecule has 2 aromatic heterocycles. The van der Waals surface area contributed by atoms with Crippen LogP contribution < -0.4 is 20.2 Å². The summed E-state index contributed by atoms with van der Waals surface area (Å²) in [7, 11) is 0. The van der Waals surface area contributed by atoms with E-state index >= 15 is 0 Å². The van der Waals surface area contributed by atoms with E-state index in [2.05, 4.69) is 10.3 Å². The third-order valence-corrected chi connectivity index (χ3v) is 5.63. The minimum Gasteiger partial charge on any atom is -0.454 e. The molecule has 5 rings (SSSR count). The Morgan fingerprint density at radius 2 is 2.04 bits per heavy atom. The van der Waals surface area contributed by atoms with Gasteiger partial charge >= 0.3 is 0 Å². The van der Waals surface area contributed by atoms with Crippen LogP contribution in [-0.4, -0.2) is 22.3 Å². The Morgan fingerprint density at radius 1 is 1.25 bits per heavy atom. The Balaban J connectivity index is 1.59. The van der Waals surface area contributed by atoms with Crippen LogP contribution in [0, 0.1) is 0 Å². The number of nitrogens with zero attached hydrogens (tertiary/aromatic N) is 2. The summed E-state index contributed by atoms with van der Waals surface area (Å²) in [6.07, 6.45) is 1.58. The molecule has 0 atom stereocenters. The van der Waals surface area contributed by atoms with Crippen LogP contribution in [0.1, 0.15) is 17.3 Å². The van der Waals surface area contributed by atoms with Crippen molar-refractivity contribution in [2.75, 3.05) is 12.1 Å². The molecule has 2 aromatic carbocycles. The second-order valence-corrected chi connectivity index (χ2v) is 7.35. The average Bonchev–Trinajstić information content (AvgIpc) is 3.32. The van der Waals surface area contributed by atoms with Gasteiger partial charge in [-0.1, -0.05) is 23.5 Å². The van der Waals surface area contributed by atoms with Crippen molar-refractivity contribution in [1.82, 2.24) is 9.55 Å². The zero-order chi connectivity index (χ0) is 19.3. The second kappa shape index (κ2) is 6.35. The van der Waals surface area contributed by atoms with E-state index in [1.165, 1.54) is 11.3 Å². The first-order valence-corrected chi connectivity index (χ1v) is 9.59. The molecular formula is C20H15N3O4S. The van der Waals surface area contributed by atoms with E-state index < -0.39 is 5.91 Å². The molecule has 0 saturated heterocycles. The Labute approximate surface area is 163 Å². The van der Waals surface area contributed by atoms with Gasteiger partial charge in [-0.3, -0.25) is 14.9 Å². The van der Waals surface area contributed by atoms with E-state index in [9.17, 15) is 9.59 Å². The fourth-order valence-corrected chi connectivity index (χ4v) is 4.15. The number of carbonyl (C=O) groups is 1. The van der Waals surface area contributed by atoms with Crippen LogP contribution >= 0.6 is 11.3 Å². The largest absolute Gasteiger partial charge is 0.454 e. The number of rotatable bonds is 3. The number of anilines is 1. The molecule has 4 aromatic rings. The van der Waals surface area contributed by atoms with Gasteiger partial charge in [0.2, 0.25) is 12.2 Å². The van der Waals surface area contributed by atoms with Gasteiger partial charge in [0.15, 0.2) is 16.6 Å². The summed E-state index contributed by atoms with van der Waals surface area (Å²) < 4.78 is 13.6. The predicted octanol–water partition coefficient (Wildman–Crippen LogP) is 3.61. The number of amides is 1. The molecule has 0 unspecified atom stereocenters. The van der Waals surface area contributed by atoms with Crippen LogP contribution in [0.3, 0.4) is 0 Å². The van der Waals surface area contributed by atoms with Crippen molar-refractivity contribution in [2.45, 2.75) is 13.5 Å². The van der Waals surface area contributed by atoms with Crippen LogP contribution in [0.25, 0.3) is 21.1 Å². The van der Waals surface area contributed by atoms with Gasteiger partial charge in [0.25, 0.3) is 5.91 Å². The maximum atomic E-state index is 13.0. The fraction of sp³-hybridized carbons (Fsp3) is 0.150. The number of aromatic nitrogens is 2. The van der Waals surface area contributed by atoms with Crippen LogP contribution in [-0.2, 0) is 6.54 Å². The van der Waals surface area contributed by atoms with Crippen molar-refractivity contribution < 1.29 is 14.3 Å². The van der Waals surface area contributed by atoms with E-state index in [4.69, 9.17) is 9.47 Å². The van der Waals surface area contributed by atoms with Gasteiger partial charge in [0.05, 0.1) is 21.1 Å². The molecule has 28 heavy (non-hydrogen) atoms. The second-order valence-electron chi connectivity index (χ2n) is 6.32. The highest BCUT2D eigenvalue weighted by Crippen LogP contribution is 2.35. The van der Waals surface area contributed by atoms with Crippen molar-refractivity contribution in [3.63, 3.8) is 0 Å². The summed E-state index contributed by atoms with van der Waals surface area (Å²) in [6.45, 7) is 2.67. The number of thiazole rings is 1. The van der Waals surface area contributed by atoms with Gasteiger partial charge in [-0.15, -0.1) is 0 Å². The van der Waals surface area contributed by atoms with Gasteiger partial charge in [-0.2, -0.15) is 0 Å². The van der Waals surface area contributed by atoms with E-state index in [-0.39, 0.29) is 17.8 Å². The lowest BCUT2D eigenvalue weighted by molar-refractivity contribution is 0.102. The van der Waals surface area contributed by atoms with Crippen molar-refractivity contribution in [3.8, 4) is 11.5 Å². The molecule has 8 heteroatoms. The number of para-hydroxylation sites is 1. The Kier molecular flexibility index (Phi) is 3.80. The van der Waals surface area contributed by atoms with Gasteiger partial charge in [-0.25, -0.2) is 4.98 Å². The summed E-state index contributed by atoms with van der Waals surface area (Å²) in [6, 6.07) is 11.0. The zero-order valence-electron chi connectivity index (χ0n) is 14.9. The Morgan fingerprint density at radius 3 is 2.82 bits per heavy atom. The molecule has 0 fully saturated rings. The lowest BCUT2D eigenvalue weighted by Gasteiger charge is -2.12. The molecule has 7 nitrogen and oxygen atoms in total. The number of aryl methyl sites for hydroxylation is 1. The topological polar surface area (TPSA) is 82.5 Å². The third kappa shape index (κ3) is 2.61. The van der Waals surface area contributed by atoms with Crippen LogP contribution in [0.4, 0.5) is 5.13 Å². The van der Waals surface area contributed by atoms with E-state index in [0.29, 0.717) is 34.1 Å². The number of hydrogen-bond acceptors (Lipinski definition) is 6. The predicted molar refractivity (Wildman–Crippen MR) is 108 cm³/mol. The highest BCUT2D eigenvalue weighted by Gasteiger charge is 2.21. The minimum absolute atomic E-state index is 0.0625. The highest BCUT2D eigenvalue weighted by molar-refractivity contribution is 7.22. The van der Waals surface area contributed by atoms with E-state index in [1.807, 2.05) is 35.8 Å². The minimum atomic E-state index is -0.481. The number of benzene rings is 2. The van der Waals surface area contributed by atoms with Gasteiger partial charge in [0.1, 0.15) is 5.56 Å². The molecule has 1 N–H and O–H groups in total. The Bertz CT molecular complexity index is 1280. The number of ether oxygens (including phenoxy) is 2. The van der Waals surface area contributed by atoms with Crippen LogP contribution in [0.2, 0.25) is 0 Å². The highest BCUT2D eigenvalue weighted by atomic mass is 32.1. The molecule has 140 valence electrons. The van der Waals surface area contributed by atoms with Crippen molar-refractivity contribution in [1.29, 1.82) is 0 Å². The van der Waals surface area contributed by atoms with Crippen molar-refractivity contribution >= 4 is 43.5 Å². The lowest BCUT2D eigenvalue weighted by atomic mass is 10.1. The number of hydrogen-bond donors (Lipinski definition) is 1. The van der Waals surface area contributed by atoms with E-state index in [0.717, 1.165) is 10.2 Å². The number of nitrogens with one attached hydrogen (secondary N) is 1. The quantitative estimate of drug-likeness (QED) is 0.575. The molecule has 0 aliphatic carbocycles. The first-order chi connectivity index (χ1) is 13.6. The van der Waals surface area contributed by atoms with Gasteiger partial charge in [0, 0.05) is 18.8 Å². The molecular weight excluding hydrogens is 378 g/mol. The van der Waals surface area contributed by atoms with Crippen LogP contribution in [0.15, 0.2) is 47.4 Å². The standard InChI is InChI=1S/C20H15N3O4S/c1-2-23-9-12(18(24)11-7-15-16(8-14(11)23)27-10-26-15)19(25)22-20-21-13-5-3-4-6-17(13)28-20/h3-9H,2,10H2,1H3,(H,21,22,25). The maximum Gasteiger partial charge on any atom is 0.262 e. The Hall–Kier alpha value is -3.39. The van der Waals surface area contributed by atoms with Crippen molar-refractivity contribution in [3.05, 3.63) is 58.4 Å². The number of fused-ring (bicyclic) bond motifs is 3. The molecule has 1 aliphatic heterocycles. The fourth-order valence-electron chi connectivity index (χ4n) is 3.29. The summed E-state index contributed by atoms with van der Waals surface area (Å²) in [5.74, 6) is 0.627. The molecule has 1 amide bonds. The smallest absolute Gasteiger partial charge is 0.262 e. The normalized spacial score (nSPS) is 12.6. The first kappa shape index (κ1) is 16.8. The number of carbonyl (C=O) groups excluding carboxylic acids is 1. The first-order valence-electron chi connectivity index (χ1n) is 8.78. The SMILES string of the molecule is CCn1cc(C(=O)Nc2nc3ccccc3s2)c(=O)c2cc3c(cc21)OCO3. The molecule has 0 bridgehead atoms. The summed E-state index contributed by atoms with van der Waals surface area (Å²) in [5, 5.41) is 3.63.